The third kappa shape index (κ3) is 3.24. The highest BCUT2D eigenvalue weighted by molar-refractivity contribution is 7.92. The van der Waals surface area contributed by atoms with Gasteiger partial charge < -0.3 is 0 Å². The molecule has 0 aromatic heterocycles. The summed E-state index contributed by atoms with van der Waals surface area (Å²) in [6, 6.07) is 9.62. The molecule has 0 radical (unpaired) electrons. The maximum absolute atomic E-state index is 13.1. The van der Waals surface area contributed by atoms with Crippen LogP contribution in [0.4, 0.5) is 10.1 Å². The summed E-state index contributed by atoms with van der Waals surface area (Å²) in [6.07, 6.45) is 0. The fraction of sp³-hybridized carbons (Fsp3) is 0.0769. The highest BCUT2D eigenvalue weighted by Crippen LogP contribution is 2.23. The molecule has 19 heavy (non-hydrogen) atoms. The highest BCUT2D eigenvalue weighted by atomic mass is 35.5. The molecule has 0 aliphatic carbocycles. The molecule has 0 amide bonds. The summed E-state index contributed by atoms with van der Waals surface area (Å²) in [5.41, 5.74) is 1.10. The minimum Gasteiger partial charge on any atom is -0.279 e. The molecule has 2 aromatic carbocycles. The van der Waals surface area contributed by atoms with Crippen LogP contribution in [0.25, 0.3) is 0 Å². The number of hydrogen-bond donors (Lipinski definition) is 1. The molecule has 0 aliphatic heterocycles. The zero-order valence-electron chi connectivity index (χ0n) is 10.0. The molecule has 0 fully saturated rings. The quantitative estimate of drug-likeness (QED) is 0.941. The van der Waals surface area contributed by atoms with Crippen LogP contribution >= 0.6 is 11.6 Å². The van der Waals surface area contributed by atoms with E-state index in [4.69, 9.17) is 11.6 Å². The van der Waals surface area contributed by atoms with Gasteiger partial charge in [-0.05, 0) is 48.9 Å². The first-order valence-electron chi connectivity index (χ1n) is 5.43. The van der Waals surface area contributed by atoms with Crippen LogP contribution in [0.15, 0.2) is 47.4 Å². The molecule has 0 heterocycles. The topological polar surface area (TPSA) is 46.2 Å². The first-order chi connectivity index (χ1) is 8.88. The Bertz CT molecular complexity index is 716. The molecule has 0 spiro atoms. The number of rotatable bonds is 3. The molecular weight excluding hydrogens is 289 g/mol. The number of hydrogen-bond acceptors (Lipinski definition) is 2. The van der Waals surface area contributed by atoms with E-state index < -0.39 is 15.8 Å². The van der Waals surface area contributed by atoms with E-state index in [0.717, 1.165) is 6.07 Å². The van der Waals surface area contributed by atoms with Gasteiger partial charge in [-0.25, -0.2) is 12.8 Å². The number of nitrogens with one attached hydrogen (secondary N) is 1. The van der Waals surface area contributed by atoms with Gasteiger partial charge in [-0.1, -0.05) is 17.7 Å². The second-order valence-electron chi connectivity index (χ2n) is 4.02. The Morgan fingerprint density at radius 3 is 2.53 bits per heavy atom. The van der Waals surface area contributed by atoms with Crippen molar-refractivity contribution in [2.45, 2.75) is 11.8 Å². The van der Waals surface area contributed by atoms with E-state index >= 15 is 0 Å². The standard InChI is InChI=1S/C13H11ClFNO2S/c1-9-7-10(14)5-6-13(9)16-19(17,18)12-4-2-3-11(15)8-12/h2-8,16H,1H3. The average molecular weight is 300 g/mol. The van der Waals surface area contributed by atoms with Crippen molar-refractivity contribution in [2.75, 3.05) is 4.72 Å². The lowest BCUT2D eigenvalue weighted by Crippen LogP contribution is -2.13. The lowest BCUT2D eigenvalue weighted by atomic mass is 10.2. The zero-order chi connectivity index (χ0) is 14.0. The van der Waals surface area contributed by atoms with E-state index in [9.17, 15) is 12.8 Å². The molecule has 2 aromatic rings. The molecule has 0 saturated heterocycles. The highest BCUT2D eigenvalue weighted by Gasteiger charge is 2.15. The van der Waals surface area contributed by atoms with Gasteiger partial charge in [0, 0.05) is 5.02 Å². The van der Waals surface area contributed by atoms with Crippen molar-refractivity contribution in [2.24, 2.45) is 0 Å². The second-order valence-corrected chi connectivity index (χ2v) is 6.14. The van der Waals surface area contributed by atoms with Crippen LogP contribution in [-0.4, -0.2) is 8.42 Å². The van der Waals surface area contributed by atoms with Gasteiger partial charge >= 0.3 is 0 Å². The summed E-state index contributed by atoms with van der Waals surface area (Å²) in [7, 11) is -3.80. The number of sulfonamides is 1. The van der Waals surface area contributed by atoms with Gasteiger partial charge in [0.05, 0.1) is 10.6 Å². The Morgan fingerprint density at radius 1 is 1.16 bits per heavy atom. The summed E-state index contributed by atoms with van der Waals surface area (Å²) < 4.78 is 39.6. The number of halogens is 2. The van der Waals surface area contributed by atoms with Gasteiger partial charge in [-0.2, -0.15) is 0 Å². The van der Waals surface area contributed by atoms with Gasteiger partial charge in [0.1, 0.15) is 5.82 Å². The van der Waals surface area contributed by atoms with Crippen molar-refractivity contribution in [1.82, 2.24) is 0 Å². The second kappa shape index (κ2) is 5.19. The smallest absolute Gasteiger partial charge is 0.262 e. The Kier molecular flexibility index (Phi) is 3.78. The lowest BCUT2D eigenvalue weighted by molar-refractivity contribution is 0.595. The maximum atomic E-state index is 13.1. The largest absolute Gasteiger partial charge is 0.279 e. The molecule has 100 valence electrons. The number of anilines is 1. The SMILES string of the molecule is Cc1cc(Cl)ccc1NS(=O)(=O)c1cccc(F)c1. The Balaban J connectivity index is 2.36. The average Bonchev–Trinajstić information content (AvgIpc) is 2.33. The van der Waals surface area contributed by atoms with Crippen molar-refractivity contribution < 1.29 is 12.8 Å². The Hall–Kier alpha value is -1.59. The van der Waals surface area contributed by atoms with Crippen molar-refractivity contribution >= 4 is 27.3 Å². The first-order valence-corrected chi connectivity index (χ1v) is 7.29. The van der Waals surface area contributed by atoms with Crippen LogP contribution in [0.5, 0.6) is 0 Å². The lowest BCUT2D eigenvalue weighted by Gasteiger charge is -2.10. The van der Waals surface area contributed by atoms with E-state index in [0.29, 0.717) is 16.3 Å². The molecule has 3 nitrogen and oxygen atoms in total. The summed E-state index contributed by atoms with van der Waals surface area (Å²) >= 11 is 5.80. The summed E-state index contributed by atoms with van der Waals surface area (Å²) in [4.78, 5) is -0.123. The van der Waals surface area contributed by atoms with Gasteiger partial charge in [-0.3, -0.25) is 4.72 Å². The first kappa shape index (κ1) is 13.8. The maximum Gasteiger partial charge on any atom is 0.262 e. The van der Waals surface area contributed by atoms with Crippen molar-refractivity contribution in [1.29, 1.82) is 0 Å². The van der Waals surface area contributed by atoms with Crippen LogP contribution in [0, 0.1) is 12.7 Å². The van der Waals surface area contributed by atoms with E-state index in [1.54, 1.807) is 25.1 Å². The van der Waals surface area contributed by atoms with Gasteiger partial charge in [0.25, 0.3) is 10.0 Å². The van der Waals surface area contributed by atoms with Gasteiger partial charge in [0.15, 0.2) is 0 Å². The van der Waals surface area contributed by atoms with Gasteiger partial charge in [0.2, 0.25) is 0 Å². The molecule has 1 N–H and O–H groups in total. The van der Waals surface area contributed by atoms with Crippen LogP contribution in [0.2, 0.25) is 5.02 Å². The van der Waals surface area contributed by atoms with Crippen LogP contribution < -0.4 is 4.72 Å². The van der Waals surface area contributed by atoms with Crippen molar-refractivity contribution in [3.8, 4) is 0 Å². The monoisotopic (exact) mass is 299 g/mol. The normalized spacial score (nSPS) is 11.3. The van der Waals surface area contributed by atoms with E-state index in [1.807, 2.05) is 0 Å². The minimum absolute atomic E-state index is 0.123. The van der Waals surface area contributed by atoms with Gasteiger partial charge in [-0.15, -0.1) is 0 Å². The zero-order valence-corrected chi connectivity index (χ0v) is 11.6. The molecule has 0 unspecified atom stereocenters. The van der Waals surface area contributed by atoms with E-state index in [-0.39, 0.29) is 4.90 Å². The fourth-order valence-corrected chi connectivity index (χ4v) is 2.97. The predicted molar refractivity (Wildman–Crippen MR) is 73.4 cm³/mol. The molecule has 0 aliphatic rings. The van der Waals surface area contributed by atoms with Crippen molar-refractivity contribution in [3.63, 3.8) is 0 Å². The third-order valence-corrected chi connectivity index (χ3v) is 4.14. The predicted octanol–water partition coefficient (Wildman–Crippen LogP) is 3.59. The number of benzene rings is 2. The number of aryl methyl sites for hydroxylation is 1. The van der Waals surface area contributed by atoms with E-state index in [1.165, 1.54) is 18.2 Å². The molecule has 6 heteroatoms. The summed E-state index contributed by atoms with van der Waals surface area (Å²) in [6.45, 7) is 1.73. The van der Waals surface area contributed by atoms with Crippen LogP contribution in [0.1, 0.15) is 5.56 Å². The Morgan fingerprint density at radius 2 is 1.89 bits per heavy atom. The molecule has 2 rings (SSSR count). The van der Waals surface area contributed by atoms with Crippen LogP contribution in [-0.2, 0) is 10.0 Å². The molecule has 0 saturated carbocycles. The van der Waals surface area contributed by atoms with Crippen LogP contribution in [0.3, 0.4) is 0 Å². The van der Waals surface area contributed by atoms with Crippen molar-refractivity contribution in [3.05, 3.63) is 58.9 Å². The molecule has 0 bridgehead atoms. The minimum atomic E-state index is -3.80. The summed E-state index contributed by atoms with van der Waals surface area (Å²) in [5.74, 6) is -0.601. The fourth-order valence-electron chi connectivity index (χ4n) is 1.58. The Labute approximate surface area is 116 Å². The molecular formula is C13H11ClFNO2S. The van der Waals surface area contributed by atoms with E-state index in [2.05, 4.69) is 4.72 Å². The molecule has 0 atom stereocenters. The third-order valence-electron chi connectivity index (χ3n) is 2.54. The summed E-state index contributed by atoms with van der Waals surface area (Å²) in [5, 5.41) is 0.520.